The monoisotopic (exact) mass is 465 g/mol. The maximum absolute atomic E-state index is 13.5. The van der Waals surface area contributed by atoms with Crippen LogP contribution in [-0.4, -0.2) is 72.1 Å². The van der Waals surface area contributed by atoms with Gasteiger partial charge in [-0.25, -0.2) is 9.79 Å². The molecule has 0 spiro atoms. The van der Waals surface area contributed by atoms with Gasteiger partial charge in [0, 0.05) is 30.9 Å². The van der Waals surface area contributed by atoms with E-state index in [0.29, 0.717) is 11.0 Å². The second kappa shape index (κ2) is 8.20. The van der Waals surface area contributed by atoms with Crippen molar-refractivity contribution in [3.63, 3.8) is 0 Å². The molecule has 0 N–H and O–H groups in total. The molecule has 3 aliphatic heterocycles. The van der Waals surface area contributed by atoms with E-state index in [9.17, 15) is 9.59 Å². The standard InChI is InChI=1S/C24H24ClN5O3/c1-15-9-10-17(25)13-18(15)30-19(16-7-5-4-6-8-16)14-29-20-21(26-23(29)30)27(2)24(32)28(22(20)31)11-12-33-3/h4-10,13-14,20-21H,11-12H2,1-3H3. The number of hydrogen-bond acceptors (Lipinski definition) is 6. The number of halogens is 1. The van der Waals surface area contributed by atoms with Crippen LogP contribution < -0.4 is 4.90 Å². The van der Waals surface area contributed by atoms with Crippen LogP contribution in [0.25, 0.3) is 5.70 Å². The quantitative estimate of drug-likeness (QED) is 0.677. The van der Waals surface area contributed by atoms with Crippen LogP contribution in [0, 0.1) is 6.92 Å². The first-order valence-corrected chi connectivity index (χ1v) is 11.1. The molecule has 5 rings (SSSR count). The number of hydrogen-bond donors (Lipinski definition) is 0. The summed E-state index contributed by atoms with van der Waals surface area (Å²) in [5.41, 5.74) is 3.75. The Kier molecular flexibility index (Phi) is 5.34. The summed E-state index contributed by atoms with van der Waals surface area (Å²) in [5, 5.41) is 0.603. The van der Waals surface area contributed by atoms with E-state index in [1.165, 1.54) is 9.80 Å². The molecule has 3 heterocycles. The zero-order valence-electron chi connectivity index (χ0n) is 18.6. The number of imide groups is 1. The summed E-state index contributed by atoms with van der Waals surface area (Å²) in [6, 6.07) is 14.6. The number of carbonyl (C=O) groups excluding carboxylic acids is 2. The van der Waals surface area contributed by atoms with Gasteiger partial charge in [0.05, 0.1) is 24.5 Å². The van der Waals surface area contributed by atoms with Crippen molar-refractivity contribution in [2.75, 3.05) is 32.2 Å². The van der Waals surface area contributed by atoms with Crippen molar-refractivity contribution < 1.29 is 14.3 Å². The van der Waals surface area contributed by atoms with E-state index in [1.54, 1.807) is 14.2 Å². The number of carbonyl (C=O) groups is 2. The lowest BCUT2D eigenvalue weighted by molar-refractivity contribution is -0.137. The molecule has 170 valence electrons. The van der Waals surface area contributed by atoms with Crippen LogP contribution in [0.4, 0.5) is 10.5 Å². The zero-order chi connectivity index (χ0) is 23.3. The lowest BCUT2D eigenvalue weighted by Gasteiger charge is -2.40. The molecule has 0 radical (unpaired) electrons. The molecule has 3 aliphatic rings. The van der Waals surface area contributed by atoms with Crippen LogP contribution in [0.5, 0.6) is 0 Å². The largest absolute Gasteiger partial charge is 0.383 e. The molecule has 0 saturated carbocycles. The number of fused-ring (bicyclic) bond motifs is 3. The number of benzene rings is 2. The summed E-state index contributed by atoms with van der Waals surface area (Å²) in [7, 11) is 3.22. The van der Waals surface area contributed by atoms with E-state index in [0.717, 1.165) is 22.5 Å². The highest BCUT2D eigenvalue weighted by molar-refractivity contribution is 6.31. The highest BCUT2D eigenvalue weighted by atomic mass is 35.5. The molecule has 2 unspecified atom stereocenters. The van der Waals surface area contributed by atoms with Gasteiger partial charge < -0.3 is 9.64 Å². The lowest BCUT2D eigenvalue weighted by Crippen LogP contribution is -2.64. The van der Waals surface area contributed by atoms with Gasteiger partial charge in [-0.05, 0) is 24.6 Å². The number of likely N-dealkylation sites (N-methyl/N-ethyl adjacent to an activating group) is 1. The van der Waals surface area contributed by atoms with Crippen molar-refractivity contribution in [1.82, 2.24) is 14.7 Å². The molecule has 33 heavy (non-hydrogen) atoms. The number of anilines is 1. The Hall–Kier alpha value is -3.36. The molecule has 2 aromatic rings. The van der Waals surface area contributed by atoms with Crippen molar-refractivity contribution in [3.05, 3.63) is 70.9 Å². The van der Waals surface area contributed by atoms with E-state index < -0.39 is 12.2 Å². The van der Waals surface area contributed by atoms with Crippen LogP contribution in [0.3, 0.4) is 0 Å². The third-order valence-electron chi connectivity index (χ3n) is 6.21. The van der Waals surface area contributed by atoms with Crippen LogP contribution in [0.1, 0.15) is 11.1 Å². The number of methoxy groups -OCH3 is 1. The van der Waals surface area contributed by atoms with Gasteiger partial charge in [0.15, 0.2) is 12.2 Å². The van der Waals surface area contributed by atoms with Gasteiger partial charge in [-0.2, -0.15) is 0 Å². The number of aliphatic imine (C=N–C) groups is 1. The third kappa shape index (κ3) is 3.37. The maximum atomic E-state index is 13.5. The summed E-state index contributed by atoms with van der Waals surface area (Å²) in [4.78, 5) is 37.9. The Morgan fingerprint density at radius 1 is 1.12 bits per heavy atom. The number of amides is 3. The van der Waals surface area contributed by atoms with Gasteiger partial charge in [0.2, 0.25) is 5.96 Å². The second-order valence-electron chi connectivity index (χ2n) is 8.22. The van der Waals surface area contributed by atoms with Crippen LogP contribution in [-0.2, 0) is 9.53 Å². The number of aryl methyl sites for hydroxylation is 1. The summed E-state index contributed by atoms with van der Waals surface area (Å²) in [5.74, 6) is 0.308. The molecule has 1 fully saturated rings. The first-order valence-electron chi connectivity index (χ1n) is 10.7. The molecule has 1 saturated heterocycles. The van der Waals surface area contributed by atoms with Crippen molar-refractivity contribution in [2.24, 2.45) is 4.99 Å². The van der Waals surface area contributed by atoms with E-state index in [1.807, 2.05) is 71.5 Å². The van der Waals surface area contributed by atoms with Crippen molar-refractivity contribution in [3.8, 4) is 0 Å². The molecular weight excluding hydrogens is 442 g/mol. The molecule has 0 aromatic heterocycles. The SMILES string of the molecule is COCCN1C(=O)C2C(N=C3N(c4cc(Cl)ccc4C)C(c4ccccc4)=CN32)N(C)C1=O. The Balaban J connectivity index is 1.62. The second-order valence-corrected chi connectivity index (χ2v) is 8.65. The van der Waals surface area contributed by atoms with E-state index >= 15 is 0 Å². The molecule has 8 nitrogen and oxygen atoms in total. The minimum absolute atomic E-state index is 0.192. The average molecular weight is 466 g/mol. The number of nitrogens with zero attached hydrogens (tertiary/aromatic N) is 5. The predicted octanol–water partition coefficient (Wildman–Crippen LogP) is 3.37. The third-order valence-corrected chi connectivity index (χ3v) is 6.45. The summed E-state index contributed by atoms with van der Waals surface area (Å²) in [6.07, 6.45) is 1.32. The molecule has 2 atom stereocenters. The normalized spacial score (nSPS) is 21.9. The zero-order valence-corrected chi connectivity index (χ0v) is 19.4. The average Bonchev–Trinajstić information content (AvgIpc) is 3.36. The van der Waals surface area contributed by atoms with Gasteiger partial charge in [-0.15, -0.1) is 0 Å². The van der Waals surface area contributed by atoms with Crippen LogP contribution >= 0.6 is 11.6 Å². The Labute approximate surface area is 197 Å². The predicted molar refractivity (Wildman–Crippen MR) is 127 cm³/mol. The minimum Gasteiger partial charge on any atom is -0.383 e. The summed E-state index contributed by atoms with van der Waals surface area (Å²) >= 11 is 6.36. The van der Waals surface area contributed by atoms with Crippen molar-refractivity contribution in [2.45, 2.75) is 19.1 Å². The molecule has 3 amide bonds. The molecule has 2 aromatic carbocycles. The fraction of sp³-hybridized carbons (Fsp3) is 0.292. The van der Waals surface area contributed by atoms with E-state index in [-0.39, 0.29) is 25.1 Å². The molecule has 9 heteroatoms. The van der Waals surface area contributed by atoms with Gasteiger partial charge in [0.1, 0.15) is 0 Å². The molecular formula is C24H24ClN5O3. The topological polar surface area (TPSA) is 68.7 Å². The first kappa shape index (κ1) is 21.5. The lowest BCUT2D eigenvalue weighted by atomic mass is 10.1. The van der Waals surface area contributed by atoms with Crippen LogP contribution in [0.2, 0.25) is 5.02 Å². The van der Waals surface area contributed by atoms with E-state index in [4.69, 9.17) is 21.3 Å². The van der Waals surface area contributed by atoms with E-state index in [2.05, 4.69) is 0 Å². The summed E-state index contributed by atoms with van der Waals surface area (Å²) in [6.45, 7) is 2.47. The smallest absolute Gasteiger partial charge is 0.328 e. The fourth-order valence-electron chi connectivity index (χ4n) is 4.50. The Morgan fingerprint density at radius 2 is 1.88 bits per heavy atom. The first-order chi connectivity index (χ1) is 15.9. The maximum Gasteiger partial charge on any atom is 0.328 e. The number of guanidine groups is 1. The number of ether oxygens (including phenoxy) is 1. The van der Waals surface area contributed by atoms with Gasteiger partial charge in [-0.3, -0.25) is 19.5 Å². The number of urea groups is 1. The van der Waals surface area contributed by atoms with Gasteiger partial charge in [0.25, 0.3) is 5.91 Å². The minimum atomic E-state index is -0.650. The van der Waals surface area contributed by atoms with Crippen LogP contribution in [0.15, 0.2) is 59.7 Å². The molecule has 0 aliphatic carbocycles. The van der Waals surface area contributed by atoms with Gasteiger partial charge in [-0.1, -0.05) is 48.0 Å². The molecule has 0 bridgehead atoms. The van der Waals surface area contributed by atoms with Crippen molar-refractivity contribution >= 4 is 40.9 Å². The number of rotatable bonds is 5. The highest BCUT2D eigenvalue weighted by Crippen LogP contribution is 2.41. The van der Waals surface area contributed by atoms with Crippen molar-refractivity contribution in [1.29, 1.82) is 0 Å². The highest BCUT2D eigenvalue weighted by Gasteiger charge is 2.54. The van der Waals surface area contributed by atoms with Gasteiger partial charge >= 0.3 is 6.03 Å². The summed E-state index contributed by atoms with van der Waals surface area (Å²) < 4.78 is 5.11. The fourth-order valence-corrected chi connectivity index (χ4v) is 4.66. The Bertz CT molecular complexity index is 1180. The Morgan fingerprint density at radius 3 is 2.61 bits per heavy atom.